The van der Waals surface area contributed by atoms with Gasteiger partial charge in [0.2, 0.25) is 0 Å². The number of alkyl halides is 6. The van der Waals surface area contributed by atoms with Gasteiger partial charge in [0.1, 0.15) is 0 Å². The fourth-order valence-corrected chi connectivity index (χ4v) is 5.10. The molecule has 11 heteroatoms. The summed E-state index contributed by atoms with van der Waals surface area (Å²) in [6.07, 6.45) is -12.2. The van der Waals surface area contributed by atoms with Gasteiger partial charge in [-0.25, -0.2) is 8.42 Å². The Hall–Kier alpha value is -3.18. The summed E-state index contributed by atoms with van der Waals surface area (Å²) in [4.78, 5) is 12.9. The highest BCUT2D eigenvalue weighted by atomic mass is 32.2. The largest absolute Gasteiger partial charge is 0.430 e. The third kappa shape index (κ3) is 4.45. The number of carbonyl (C=O) groups is 1. The minimum atomic E-state index is -6.11. The van der Waals surface area contributed by atoms with E-state index in [0.29, 0.717) is 24.3 Å². The van der Waals surface area contributed by atoms with Gasteiger partial charge < -0.3 is 5.11 Å². The molecule has 0 radical (unpaired) electrons. The molecule has 180 valence electrons. The summed E-state index contributed by atoms with van der Waals surface area (Å²) in [5.41, 5.74) is -7.15. The van der Waals surface area contributed by atoms with Crippen LogP contribution in [0.5, 0.6) is 0 Å². The number of rotatable bonds is 6. The smallest absolute Gasteiger partial charge is 0.369 e. The lowest BCUT2D eigenvalue weighted by Gasteiger charge is -2.32. The van der Waals surface area contributed by atoms with Crippen molar-refractivity contribution < 1.29 is 44.7 Å². The average molecular weight is 502 g/mol. The van der Waals surface area contributed by atoms with Gasteiger partial charge in [0.05, 0.1) is 4.90 Å². The van der Waals surface area contributed by atoms with Crippen LogP contribution in [0.15, 0.2) is 89.8 Å². The second-order valence-corrected chi connectivity index (χ2v) is 9.33. The van der Waals surface area contributed by atoms with Crippen LogP contribution >= 0.6 is 0 Å². The first kappa shape index (κ1) is 25.4. The molecule has 0 aliphatic rings. The highest BCUT2D eigenvalue weighted by Crippen LogP contribution is 2.50. The Morgan fingerprint density at radius 3 is 1.59 bits per heavy atom. The van der Waals surface area contributed by atoms with Crippen molar-refractivity contribution in [3.05, 3.63) is 102 Å². The predicted molar refractivity (Wildman–Crippen MR) is 110 cm³/mol. The van der Waals surface area contributed by atoms with Crippen LogP contribution < -0.4 is 0 Å². The van der Waals surface area contributed by atoms with E-state index in [-0.39, 0.29) is 16.0 Å². The number of sulfone groups is 1. The molecule has 0 aliphatic carbocycles. The van der Waals surface area contributed by atoms with Crippen molar-refractivity contribution >= 4 is 15.6 Å². The van der Waals surface area contributed by atoms with Gasteiger partial charge in [-0.2, -0.15) is 26.3 Å². The number of aliphatic hydroxyl groups is 1. The number of Topliss-reactive ketones (excluding diaryl/α,β-unsaturated/α-hetero) is 1. The molecule has 1 N–H and O–H groups in total. The van der Waals surface area contributed by atoms with Gasteiger partial charge >= 0.3 is 12.4 Å². The summed E-state index contributed by atoms with van der Waals surface area (Å²) < 4.78 is 106. The zero-order valence-electron chi connectivity index (χ0n) is 17.0. The van der Waals surface area contributed by atoms with Crippen LogP contribution in [-0.4, -0.2) is 31.7 Å². The average Bonchev–Trinajstić information content (AvgIpc) is 2.78. The number of benzene rings is 3. The number of ketones is 1. The fourth-order valence-electron chi connectivity index (χ4n) is 3.36. The van der Waals surface area contributed by atoms with Crippen LogP contribution in [0.3, 0.4) is 0 Å². The van der Waals surface area contributed by atoms with Crippen LogP contribution in [0.4, 0.5) is 26.3 Å². The molecule has 0 amide bonds. The van der Waals surface area contributed by atoms with Crippen molar-refractivity contribution in [3.8, 4) is 0 Å². The molecule has 4 nitrogen and oxygen atoms in total. The number of hydrogen-bond acceptors (Lipinski definition) is 4. The molecule has 0 fully saturated rings. The summed E-state index contributed by atoms with van der Waals surface area (Å²) in [7, 11) is -4.46. The van der Waals surface area contributed by atoms with E-state index < -0.39 is 44.4 Å². The normalized spacial score (nSPS) is 14.0. The quantitative estimate of drug-likeness (QED) is 0.362. The number of halogens is 6. The van der Waals surface area contributed by atoms with Crippen LogP contribution in [0, 0.1) is 0 Å². The minimum absolute atomic E-state index is 0.0295. The monoisotopic (exact) mass is 502 g/mol. The lowest BCUT2D eigenvalue weighted by molar-refractivity contribution is -0.376. The van der Waals surface area contributed by atoms with Crippen LogP contribution in [0.25, 0.3) is 0 Å². The second-order valence-electron chi connectivity index (χ2n) is 7.30. The molecule has 0 aliphatic heterocycles. The zero-order chi connectivity index (χ0) is 25.4. The Morgan fingerprint density at radius 2 is 1.15 bits per heavy atom. The van der Waals surface area contributed by atoms with Gasteiger partial charge in [0.25, 0.3) is 5.60 Å². The van der Waals surface area contributed by atoms with Crippen molar-refractivity contribution in [1.29, 1.82) is 0 Å². The summed E-state index contributed by atoms with van der Waals surface area (Å²) in [5.74, 6) is -0.931. The first-order valence-electron chi connectivity index (χ1n) is 9.55. The van der Waals surface area contributed by atoms with Gasteiger partial charge in [-0.05, 0) is 17.7 Å². The van der Waals surface area contributed by atoms with E-state index in [1.165, 1.54) is 54.6 Å². The van der Waals surface area contributed by atoms with E-state index in [1.54, 1.807) is 6.07 Å². The molecule has 3 rings (SSSR count). The molecule has 3 aromatic rings. The summed E-state index contributed by atoms with van der Waals surface area (Å²) in [6.45, 7) is 0. The molecular formula is C23H16F6O4S. The summed E-state index contributed by atoms with van der Waals surface area (Å²) >= 11 is 0. The minimum Gasteiger partial charge on any atom is -0.369 e. The molecular weight excluding hydrogens is 486 g/mol. The van der Waals surface area contributed by atoms with E-state index in [0.717, 1.165) is 0 Å². The Balaban J connectivity index is 2.17. The highest BCUT2D eigenvalue weighted by Gasteiger charge is 2.71. The second kappa shape index (κ2) is 8.88. The Labute approximate surface area is 190 Å². The molecule has 0 spiro atoms. The fraction of sp³-hybridized carbons (Fsp3) is 0.174. The standard InChI is InChI=1S/C23H16F6O4S/c24-22(25,26)21(31,23(27,28)29)17-13-11-16(12-14-17)20(19(30)15-7-3-1-4-8-15)34(32,33)18-9-5-2-6-10-18/h1-14,20,31H. The van der Waals surface area contributed by atoms with Crippen molar-refractivity contribution in [2.45, 2.75) is 28.1 Å². The van der Waals surface area contributed by atoms with E-state index in [1.807, 2.05) is 0 Å². The zero-order valence-corrected chi connectivity index (χ0v) is 17.8. The highest BCUT2D eigenvalue weighted by molar-refractivity contribution is 7.92. The van der Waals surface area contributed by atoms with Crippen molar-refractivity contribution in [2.75, 3.05) is 0 Å². The van der Waals surface area contributed by atoms with E-state index in [4.69, 9.17) is 0 Å². The van der Waals surface area contributed by atoms with Crippen LogP contribution in [-0.2, 0) is 15.4 Å². The SMILES string of the molecule is O=C(c1ccccc1)C(c1ccc(C(O)(C(F)(F)F)C(F)(F)F)cc1)S(=O)(=O)c1ccccc1. The lowest BCUT2D eigenvalue weighted by atomic mass is 9.90. The Morgan fingerprint density at radius 1 is 0.706 bits per heavy atom. The van der Waals surface area contributed by atoms with Crippen molar-refractivity contribution in [1.82, 2.24) is 0 Å². The van der Waals surface area contributed by atoms with Crippen LogP contribution in [0.1, 0.15) is 26.7 Å². The molecule has 0 saturated carbocycles. The molecule has 1 unspecified atom stereocenters. The maximum atomic E-state index is 13.3. The first-order chi connectivity index (χ1) is 15.7. The Bertz CT molecular complexity index is 1240. The molecule has 0 aromatic heterocycles. The maximum absolute atomic E-state index is 13.3. The summed E-state index contributed by atoms with van der Waals surface area (Å²) in [6, 6.07) is 15.8. The molecule has 34 heavy (non-hydrogen) atoms. The lowest BCUT2D eigenvalue weighted by Crippen LogP contribution is -2.53. The molecule has 0 saturated heterocycles. The number of hydrogen-bond donors (Lipinski definition) is 1. The Kier molecular flexibility index (Phi) is 6.64. The van der Waals surface area contributed by atoms with Gasteiger partial charge in [-0.3, -0.25) is 4.79 Å². The van der Waals surface area contributed by atoms with E-state index in [2.05, 4.69) is 0 Å². The van der Waals surface area contributed by atoms with E-state index >= 15 is 0 Å². The van der Waals surface area contributed by atoms with Crippen molar-refractivity contribution in [2.24, 2.45) is 0 Å². The van der Waals surface area contributed by atoms with E-state index in [9.17, 15) is 44.7 Å². The molecule has 3 aromatic carbocycles. The number of carbonyl (C=O) groups excluding carboxylic acids is 1. The maximum Gasteiger partial charge on any atom is 0.430 e. The summed E-state index contributed by atoms with van der Waals surface area (Å²) in [5, 5.41) is 7.61. The van der Waals surface area contributed by atoms with Gasteiger partial charge in [0, 0.05) is 11.1 Å². The van der Waals surface area contributed by atoms with Crippen molar-refractivity contribution in [3.63, 3.8) is 0 Å². The topological polar surface area (TPSA) is 71.4 Å². The first-order valence-corrected chi connectivity index (χ1v) is 11.1. The van der Waals surface area contributed by atoms with Gasteiger partial charge in [-0.15, -0.1) is 0 Å². The molecule has 0 bridgehead atoms. The third-order valence-electron chi connectivity index (χ3n) is 5.13. The van der Waals surface area contributed by atoms with Gasteiger partial charge in [0.15, 0.2) is 20.9 Å². The van der Waals surface area contributed by atoms with Gasteiger partial charge in [-0.1, -0.05) is 72.8 Å². The third-order valence-corrected chi connectivity index (χ3v) is 7.17. The predicted octanol–water partition coefficient (Wildman–Crippen LogP) is 5.40. The molecule has 0 heterocycles. The van der Waals surface area contributed by atoms with Crippen LogP contribution in [0.2, 0.25) is 0 Å². The molecule has 1 atom stereocenters.